The molecule has 0 rings (SSSR count). The predicted octanol–water partition coefficient (Wildman–Crippen LogP) is 1.38. The zero-order valence-electron chi connectivity index (χ0n) is 8.82. The number of hydrogen-bond acceptors (Lipinski definition) is 4. The Bertz CT molecular complexity index is 205. The second kappa shape index (κ2) is 6.95. The van der Waals surface area contributed by atoms with Crippen molar-refractivity contribution < 1.29 is 18.3 Å². The Hall–Kier alpha value is -0.420. The fourth-order valence-electron chi connectivity index (χ4n) is 0.923. The minimum Gasteiger partial charge on any atom is -0.772 e. The minimum atomic E-state index is -2.39. The highest BCUT2D eigenvalue weighted by Gasteiger charge is 2.17. The quantitative estimate of drug-likeness (QED) is 0.502. The maximum atomic E-state index is 11.1. The zero-order chi connectivity index (χ0) is 11.1. The van der Waals surface area contributed by atoms with E-state index in [0.29, 0.717) is 0 Å². The molecule has 0 bridgehead atoms. The molecule has 0 fully saturated rings. The van der Waals surface area contributed by atoms with Gasteiger partial charge in [0.1, 0.15) is 5.25 Å². The van der Waals surface area contributed by atoms with Crippen LogP contribution in [0.4, 0.5) is 0 Å². The van der Waals surface area contributed by atoms with Gasteiger partial charge in [-0.05, 0) is 31.3 Å². The van der Waals surface area contributed by atoms with Crippen molar-refractivity contribution in [1.29, 1.82) is 0 Å². The van der Waals surface area contributed by atoms with Crippen LogP contribution in [0.25, 0.3) is 0 Å². The third-order valence-electron chi connectivity index (χ3n) is 1.90. The van der Waals surface area contributed by atoms with Gasteiger partial charge in [-0.25, -0.2) is 0 Å². The predicted molar refractivity (Wildman–Crippen MR) is 53.5 cm³/mol. The Morgan fingerprint density at radius 3 is 2.50 bits per heavy atom. The summed E-state index contributed by atoms with van der Waals surface area (Å²) >= 11 is -2.39. The lowest BCUT2D eigenvalue weighted by Crippen LogP contribution is -2.28. The molecule has 0 aromatic rings. The van der Waals surface area contributed by atoms with Gasteiger partial charge < -0.3 is 9.29 Å². The monoisotopic (exact) mass is 221 g/mol. The summed E-state index contributed by atoms with van der Waals surface area (Å²) in [5.74, 6) is -0.665. The molecule has 0 saturated carbocycles. The Balaban J connectivity index is 3.87. The standard InChI is InChI=1S/C9H18O4S/c1-4-5-6-7(2)13-9(10)8(3)14(11)12/h7-8H,4-6H2,1-3H3,(H,11,12)/p-1. The van der Waals surface area contributed by atoms with Crippen molar-refractivity contribution >= 4 is 17.0 Å². The second-order valence-electron chi connectivity index (χ2n) is 3.29. The Morgan fingerprint density at radius 1 is 1.50 bits per heavy atom. The highest BCUT2D eigenvalue weighted by atomic mass is 32.2. The molecule has 0 N–H and O–H groups in total. The molecule has 3 atom stereocenters. The molecule has 0 aliphatic rings. The van der Waals surface area contributed by atoms with Gasteiger partial charge in [-0.2, -0.15) is 0 Å². The molecule has 0 amide bonds. The summed E-state index contributed by atoms with van der Waals surface area (Å²) in [7, 11) is 0. The summed E-state index contributed by atoms with van der Waals surface area (Å²) in [6.07, 6.45) is 2.59. The minimum absolute atomic E-state index is 0.201. The van der Waals surface area contributed by atoms with Gasteiger partial charge in [-0.1, -0.05) is 19.8 Å². The SMILES string of the molecule is CCCCC(C)OC(=O)C(C)S(=O)[O-]. The number of ether oxygens (including phenoxy) is 1. The summed E-state index contributed by atoms with van der Waals surface area (Å²) in [6, 6.07) is 0. The number of unbranched alkanes of at least 4 members (excludes halogenated alkanes) is 1. The number of hydrogen-bond donors (Lipinski definition) is 0. The van der Waals surface area contributed by atoms with Crippen LogP contribution >= 0.6 is 0 Å². The van der Waals surface area contributed by atoms with Crippen molar-refractivity contribution in [2.45, 2.75) is 51.4 Å². The molecule has 3 unspecified atom stereocenters. The molecular formula is C9H17O4S-. The molecule has 0 saturated heterocycles. The summed E-state index contributed by atoms with van der Waals surface area (Å²) in [5.41, 5.74) is 0. The van der Waals surface area contributed by atoms with E-state index in [1.54, 1.807) is 6.92 Å². The molecule has 0 heterocycles. The number of rotatable bonds is 6. The van der Waals surface area contributed by atoms with Crippen molar-refractivity contribution in [2.24, 2.45) is 0 Å². The van der Waals surface area contributed by atoms with Crippen molar-refractivity contribution in [3.05, 3.63) is 0 Å². The molecule has 0 aromatic heterocycles. The highest BCUT2D eigenvalue weighted by molar-refractivity contribution is 7.80. The molecule has 0 aliphatic heterocycles. The Kier molecular flexibility index (Phi) is 6.74. The second-order valence-corrected chi connectivity index (χ2v) is 4.52. The van der Waals surface area contributed by atoms with E-state index in [1.165, 1.54) is 6.92 Å². The first kappa shape index (κ1) is 13.6. The van der Waals surface area contributed by atoms with E-state index < -0.39 is 22.3 Å². The van der Waals surface area contributed by atoms with Crippen LogP contribution in [-0.4, -0.2) is 26.1 Å². The van der Waals surface area contributed by atoms with Gasteiger partial charge in [0.15, 0.2) is 0 Å². The first-order valence-electron chi connectivity index (χ1n) is 4.77. The van der Waals surface area contributed by atoms with Gasteiger partial charge in [0.2, 0.25) is 0 Å². The van der Waals surface area contributed by atoms with Gasteiger partial charge in [0.05, 0.1) is 6.10 Å². The maximum absolute atomic E-state index is 11.1. The molecule has 0 spiro atoms. The number of carbonyl (C=O) groups excluding carboxylic acids is 1. The van der Waals surface area contributed by atoms with Gasteiger partial charge in [-0.3, -0.25) is 9.00 Å². The Labute approximate surface area is 87.3 Å². The molecule has 14 heavy (non-hydrogen) atoms. The van der Waals surface area contributed by atoms with Crippen LogP contribution in [0.2, 0.25) is 0 Å². The average Bonchev–Trinajstić information content (AvgIpc) is 2.13. The van der Waals surface area contributed by atoms with E-state index in [4.69, 9.17) is 4.74 Å². The first-order valence-corrected chi connectivity index (χ1v) is 5.91. The first-order chi connectivity index (χ1) is 6.49. The van der Waals surface area contributed by atoms with Gasteiger partial charge in [0, 0.05) is 0 Å². The van der Waals surface area contributed by atoms with Crippen LogP contribution in [0.5, 0.6) is 0 Å². The molecule has 4 nitrogen and oxygen atoms in total. The van der Waals surface area contributed by atoms with Crippen LogP contribution in [0.15, 0.2) is 0 Å². The van der Waals surface area contributed by atoms with Crippen molar-refractivity contribution in [3.63, 3.8) is 0 Å². The molecule has 84 valence electrons. The van der Waals surface area contributed by atoms with Crippen LogP contribution in [-0.2, 0) is 20.6 Å². The normalized spacial score (nSPS) is 17.1. The van der Waals surface area contributed by atoms with Crippen molar-refractivity contribution in [2.75, 3.05) is 0 Å². The fourth-order valence-corrected chi connectivity index (χ4v) is 1.14. The highest BCUT2D eigenvalue weighted by Crippen LogP contribution is 2.06. The van der Waals surface area contributed by atoms with E-state index in [2.05, 4.69) is 0 Å². The number of esters is 1. The summed E-state index contributed by atoms with van der Waals surface area (Å²) in [6.45, 7) is 5.13. The molecule has 0 radical (unpaired) electrons. The topological polar surface area (TPSA) is 66.4 Å². The molecule has 5 heteroatoms. The average molecular weight is 221 g/mol. The smallest absolute Gasteiger partial charge is 0.320 e. The van der Waals surface area contributed by atoms with Gasteiger partial charge in [0.25, 0.3) is 0 Å². The number of carbonyl (C=O) groups is 1. The van der Waals surface area contributed by atoms with Crippen LogP contribution in [0, 0.1) is 0 Å². The Morgan fingerprint density at radius 2 is 2.07 bits per heavy atom. The summed E-state index contributed by atoms with van der Waals surface area (Å²) in [4.78, 5) is 11.1. The van der Waals surface area contributed by atoms with Gasteiger partial charge >= 0.3 is 5.97 Å². The molecule has 0 aromatic carbocycles. The fraction of sp³-hybridized carbons (Fsp3) is 0.889. The summed E-state index contributed by atoms with van der Waals surface area (Å²) in [5, 5.41) is -1.07. The third kappa shape index (κ3) is 5.34. The lowest BCUT2D eigenvalue weighted by atomic mass is 10.2. The van der Waals surface area contributed by atoms with E-state index in [-0.39, 0.29) is 6.10 Å². The van der Waals surface area contributed by atoms with Crippen molar-refractivity contribution in [1.82, 2.24) is 0 Å². The third-order valence-corrected chi connectivity index (χ3v) is 2.67. The van der Waals surface area contributed by atoms with Crippen LogP contribution in [0.1, 0.15) is 40.0 Å². The van der Waals surface area contributed by atoms with Crippen LogP contribution < -0.4 is 0 Å². The van der Waals surface area contributed by atoms with Crippen molar-refractivity contribution in [3.8, 4) is 0 Å². The van der Waals surface area contributed by atoms with E-state index in [1.807, 2.05) is 6.92 Å². The van der Waals surface area contributed by atoms with E-state index in [9.17, 15) is 13.6 Å². The maximum Gasteiger partial charge on any atom is 0.320 e. The largest absolute Gasteiger partial charge is 0.772 e. The lowest BCUT2D eigenvalue weighted by Gasteiger charge is -2.17. The molecular weight excluding hydrogens is 204 g/mol. The van der Waals surface area contributed by atoms with E-state index in [0.717, 1.165) is 19.3 Å². The van der Waals surface area contributed by atoms with Crippen LogP contribution in [0.3, 0.4) is 0 Å². The summed E-state index contributed by atoms with van der Waals surface area (Å²) < 4.78 is 25.8. The van der Waals surface area contributed by atoms with Gasteiger partial charge in [-0.15, -0.1) is 0 Å². The lowest BCUT2D eigenvalue weighted by molar-refractivity contribution is -0.147. The van der Waals surface area contributed by atoms with E-state index >= 15 is 0 Å². The zero-order valence-corrected chi connectivity index (χ0v) is 9.63. The molecule has 0 aliphatic carbocycles.